The Morgan fingerprint density at radius 3 is 2.55 bits per heavy atom. The number of urea groups is 1. The predicted molar refractivity (Wildman–Crippen MR) is 154 cm³/mol. The van der Waals surface area contributed by atoms with Crippen molar-refractivity contribution < 1.29 is 22.8 Å². The van der Waals surface area contributed by atoms with Crippen molar-refractivity contribution in [1.29, 1.82) is 0 Å². The summed E-state index contributed by atoms with van der Waals surface area (Å²) in [5.74, 6) is 0.0823. The molecule has 42 heavy (non-hydrogen) atoms. The Kier molecular flexibility index (Phi) is 7.55. The number of benzene rings is 2. The maximum atomic E-state index is 13.6. The average molecular weight is 576 g/mol. The molecule has 0 radical (unpaired) electrons. The molecule has 5 rings (SSSR count). The molecule has 0 saturated carbocycles. The fraction of sp³-hybridized carbons (Fsp3) is 0.233. The van der Waals surface area contributed by atoms with E-state index in [4.69, 9.17) is 0 Å². The van der Waals surface area contributed by atoms with Crippen LogP contribution >= 0.6 is 0 Å². The molecule has 0 spiro atoms. The van der Waals surface area contributed by atoms with Crippen molar-refractivity contribution in [3.05, 3.63) is 94.4 Å². The summed E-state index contributed by atoms with van der Waals surface area (Å²) in [6, 6.07) is 12.7. The van der Waals surface area contributed by atoms with Gasteiger partial charge < -0.3 is 10.6 Å². The first-order chi connectivity index (χ1) is 19.9. The van der Waals surface area contributed by atoms with Crippen LogP contribution in [-0.2, 0) is 19.1 Å². The van der Waals surface area contributed by atoms with Gasteiger partial charge in [-0.05, 0) is 68.3 Å². The zero-order valence-electron chi connectivity index (χ0n) is 23.4. The molecule has 2 aromatic carbocycles. The summed E-state index contributed by atoms with van der Waals surface area (Å²) >= 11 is 0. The highest BCUT2D eigenvalue weighted by molar-refractivity contribution is 6.07. The van der Waals surface area contributed by atoms with Crippen LogP contribution in [0, 0.1) is 13.8 Å². The fourth-order valence-electron chi connectivity index (χ4n) is 4.73. The molecule has 0 saturated heterocycles. The minimum absolute atomic E-state index is 0.133. The number of carbonyl (C=O) groups excluding carboxylic acids is 2. The molecule has 2 N–H and O–H groups in total. The van der Waals surface area contributed by atoms with E-state index in [1.807, 2.05) is 32.9 Å². The number of pyridine rings is 1. The van der Waals surface area contributed by atoms with Gasteiger partial charge in [-0.15, -0.1) is 0 Å². The van der Waals surface area contributed by atoms with Gasteiger partial charge in [0.05, 0.1) is 29.2 Å². The Morgan fingerprint density at radius 1 is 1.05 bits per heavy atom. The lowest BCUT2D eigenvalue weighted by Gasteiger charge is -2.35. The van der Waals surface area contributed by atoms with Crippen LogP contribution in [-0.4, -0.2) is 33.9 Å². The molecule has 216 valence electrons. The van der Waals surface area contributed by atoms with Gasteiger partial charge in [-0.25, -0.2) is 9.78 Å². The summed E-state index contributed by atoms with van der Waals surface area (Å²) < 4.78 is 39.4. The van der Waals surface area contributed by atoms with Crippen LogP contribution in [0.3, 0.4) is 0 Å². The number of alkyl halides is 3. The second kappa shape index (κ2) is 11.1. The SMILES string of the molecule is CCc1ccc(NC(=O)c2cccc(C(F)(F)F)c2)cc1N1Cc2cnc(Nc3ccc(C)nc3C)nc2N(C)C1=O. The number of anilines is 5. The number of hydrogen-bond donors (Lipinski definition) is 2. The lowest BCUT2D eigenvalue weighted by Crippen LogP contribution is -2.46. The summed E-state index contributed by atoms with van der Waals surface area (Å²) in [5, 5.41) is 5.81. The van der Waals surface area contributed by atoms with Crippen molar-refractivity contribution in [1.82, 2.24) is 15.0 Å². The van der Waals surface area contributed by atoms with E-state index in [9.17, 15) is 22.8 Å². The Morgan fingerprint density at radius 2 is 1.83 bits per heavy atom. The molecular formula is C30H28F3N7O2. The quantitative estimate of drug-likeness (QED) is 0.267. The molecule has 12 heteroatoms. The van der Waals surface area contributed by atoms with E-state index >= 15 is 0 Å². The second-order valence-electron chi connectivity index (χ2n) is 9.91. The smallest absolute Gasteiger partial charge is 0.323 e. The van der Waals surface area contributed by atoms with Crippen molar-refractivity contribution in [2.45, 2.75) is 39.9 Å². The maximum absolute atomic E-state index is 13.6. The van der Waals surface area contributed by atoms with Crippen LogP contribution in [0.1, 0.15) is 45.4 Å². The Balaban J connectivity index is 1.40. The Bertz CT molecular complexity index is 1690. The van der Waals surface area contributed by atoms with E-state index in [0.29, 0.717) is 35.1 Å². The molecule has 0 bridgehead atoms. The Hall–Kier alpha value is -5.00. The number of fused-ring (bicyclic) bond motifs is 1. The van der Waals surface area contributed by atoms with Gasteiger partial charge in [0.25, 0.3) is 5.91 Å². The summed E-state index contributed by atoms with van der Waals surface area (Å²) in [5.41, 5.74) is 3.84. The lowest BCUT2D eigenvalue weighted by molar-refractivity contribution is -0.137. The van der Waals surface area contributed by atoms with Crippen molar-refractivity contribution in [2.75, 3.05) is 27.5 Å². The van der Waals surface area contributed by atoms with Crippen molar-refractivity contribution in [2.24, 2.45) is 0 Å². The van der Waals surface area contributed by atoms with Crippen molar-refractivity contribution in [3.63, 3.8) is 0 Å². The highest BCUT2D eigenvalue weighted by atomic mass is 19.4. The number of halogens is 3. The van der Waals surface area contributed by atoms with Gasteiger partial charge in [0.1, 0.15) is 5.82 Å². The van der Waals surface area contributed by atoms with Crippen LogP contribution in [0.25, 0.3) is 0 Å². The van der Waals surface area contributed by atoms with Gasteiger partial charge in [0.15, 0.2) is 0 Å². The number of aryl methyl sites for hydroxylation is 3. The van der Waals surface area contributed by atoms with Crippen LogP contribution < -0.4 is 20.4 Å². The number of rotatable bonds is 6. The van der Waals surface area contributed by atoms with Gasteiger partial charge in [0, 0.05) is 35.8 Å². The monoisotopic (exact) mass is 575 g/mol. The number of amides is 3. The Labute approximate surface area is 240 Å². The van der Waals surface area contributed by atoms with E-state index < -0.39 is 17.6 Å². The van der Waals surface area contributed by atoms with Gasteiger partial charge in [-0.2, -0.15) is 18.2 Å². The van der Waals surface area contributed by atoms with Crippen molar-refractivity contribution in [3.8, 4) is 0 Å². The van der Waals surface area contributed by atoms with Crippen LogP contribution in [0.5, 0.6) is 0 Å². The molecule has 3 heterocycles. The largest absolute Gasteiger partial charge is 0.416 e. The van der Waals surface area contributed by atoms with Crippen LogP contribution in [0.15, 0.2) is 60.8 Å². The van der Waals surface area contributed by atoms with E-state index in [0.717, 1.165) is 34.8 Å². The molecule has 4 aromatic rings. The first-order valence-electron chi connectivity index (χ1n) is 13.2. The number of aromatic nitrogens is 3. The third-order valence-corrected chi connectivity index (χ3v) is 6.94. The van der Waals surface area contributed by atoms with Gasteiger partial charge in [0.2, 0.25) is 5.95 Å². The predicted octanol–water partition coefficient (Wildman–Crippen LogP) is 6.64. The second-order valence-corrected chi connectivity index (χ2v) is 9.91. The fourth-order valence-corrected chi connectivity index (χ4v) is 4.73. The molecule has 3 amide bonds. The van der Waals surface area contributed by atoms with E-state index in [-0.39, 0.29) is 18.1 Å². The summed E-state index contributed by atoms with van der Waals surface area (Å²) in [6.07, 6.45) is -2.32. The summed E-state index contributed by atoms with van der Waals surface area (Å²) in [7, 11) is 1.62. The summed E-state index contributed by atoms with van der Waals surface area (Å²) in [6.45, 7) is 5.90. The van der Waals surface area contributed by atoms with Crippen LogP contribution in [0.4, 0.5) is 46.8 Å². The topological polar surface area (TPSA) is 103 Å². The minimum atomic E-state index is -4.57. The lowest BCUT2D eigenvalue weighted by atomic mass is 10.1. The highest BCUT2D eigenvalue weighted by Crippen LogP contribution is 2.34. The molecular weight excluding hydrogens is 547 g/mol. The molecule has 1 aliphatic rings. The third kappa shape index (κ3) is 5.73. The van der Waals surface area contributed by atoms with E-state index in [1.165, 1.54) is 17.0 Å². The number of nitrogens with zero attached hydrogens (tertiary/aromatic N) is 5. The number of hydrogen-bond acceptors (Lipinski definition) is 6. The third-order valence-electron chi connectivity index (χ3n) is 6.94. The molecule has 2 aromatic heterocycles. The molecule has 1 aliphatic heterocycles. The van der Waals surface area contributed by atoms with Gasteiger partial charge in [-0.1, -0.05) is 19.1 Å². The highest BCUT2D eigenvalue weighted by Gasteiger charge is 2.33. The molecule has 0 atom stereocenters. The summed E-state index contributed by atoms with van der Waals surface area (Å²) in [4.78, 5) is 42.8. The molecule has 9 nitrogen and oxygen atoms in total. The zero-order chi connectivity index (χ0) is 30.2. The van der Waals surface area contributed by atoms with E-state index in [1.54, 1.807) is 36.3 Å². The number of nitrogens with one attached hydrogen (secondary N) is 2. The molecule has 0 unspecified atom stereocenters. The van der Waals surface area contributed by atoms with Crippen LogP contribution in [0.2, 0.25) is 0 Å². The minimum Gasteiger partial charge on any atom is -0.323 e. The first kappa shape index (κ1) is 28.5. The van der Waals surface area contributed by atoms with E-state index in [2.05, 4.69) is 25.6 Å². The normalized spacial score (nSPS) is 13.2. The van der Waals surface area contributed by atoms with Gasteiger partial charge >= 0.3 is 12.2 Å². The maximum Gasteiger partial charge on any atom is 0.416 e. The standard InChI is InChI=1S/C30H28F3N7O2/c1-5-19-10-11-23(36-27(41)20-7-6-8-22(13-20)30(31,32)33)14-25(19)40-16-21-15-34-28(38-26(21)39(4)29(40)42)37-24-12-9-17(2)35-18(24)3/h6-15H,5,16H2,1-4H3,(H,36,41)(H,34,37,38). The average Bonchev–Trinajstić information content (AvgIpc) is 2.96. The molecule has 0 aliphatic carbocycles. The zero-order valence-corrected chi connectivity index (χ0v) is 23.4. The van der Waals surface area contributed by atoms with Gasteiger partial charge in [-0.3, -0.25) is 19.6 Å². The number of carbonyl (C=O) groups is 2. The van der Waals surface area contributed by atoms with Crippen molar-refractivity contribution >= 4 is 40.8 Å². The first-order valence-corrected chi connectivity index (χ1v) is 13.2. The molecule has 0 fully saturated rings.